The first-order valence-electron chi connectivity index (χ1n) is 7.54. The maximum absolute atomic E-state index is 12.3. The minimum atomic E-state index is -0.132. The van der Waals surface area contributed by atoms with E-state index in [0.29, 0.717) is 25.1 Å². The molecule has 5 heteroatoms. The van der Waals surface area contributed by atoms with Gasteiger partial charge in [-0.05, 0) is 29.3 Å². The monoisotopic (exact) mass is 307 g/mol. The number of carbonyl (C=O) groups is 1. The first-order valence-corrected chi connectivity index (χ1v) is 7.54. The van der Waals surface area contributed by atoms with Gasteiger partial charge in [-0.2, -0.15) is 5.10 Å². The van der Waals surface area contributed by atoms with Gasteiger partial charge in [0, 0.05) is 30.9 Å². The standard InChI is InChI=1S/C18H17N3O2/c22-17-10-4-12-20-21(17)13-5-11-19-18(23)16-9-3-7-14-6-1-2-8-15(14)16/h1-4,6-10,12H,5,11,13H2,(H,19,23). The van der Waals surface area contributed by atoms with Crippen molar-refractivity contribution in [2.24, 2.45) is 0 Å². The molecule has 0 saturated heterocycles. The average Bonchev–Trinajstić information content (AvgIpc) is 2.59. The van der Waals surface area contributed by atoms with E-state index in [9.17, 15) is 9.59 Å². The molecule has 1 aromatic heterocycles. The Labute approximate surface area is 133 Å². The minimum absolute atomic E-state index is 0.102. The van der Waals surface area contributed by atoms with E-state index in [1.54, 1.807) is 12.3 Å². The van der Waals surface area contributed by atoms with Crippen LogP contribution < -0.4 is 10.9 Å². The molecule has 3 aromatic rings. The lowest BCUT2D eigenvalue weighted by molar-refractivity contribution is 0.0954. The molecule has 5 nitrogen and oxygen atoms in total. The van der Waals surface area contributed by atoms with Crippen LogP contribution in [-0.4, -0.2) is 22.2 Å². The lowest BCUT2D eigenvalue weighted by atomic mass is 10.0. The molecule has 0 bridgehead atoms. The van der Waals surface area contributed by atoms with Gasteiger partial charge in [-0.25, -0.2) is 4.68 Å². The van der Waals surface area contributed by atoms with Crippen LogP contribution in [0.3, 0.4) is 0 Å². The minimum Gasteiger partial charge on any atom is -0.352 e. The summed E-state index contributed by atoms with van der Waals surface area (Å²) in [5.74, 6) is -0.102. The summed E-state index contributed by atoms with van der Waals surface area (Å²) in [6, 6.07) is 16.6. The fourth-order valence-corrected chi connectivity index (χ4v) is 2.50. The number of nitrogens with one attached hydrogen (secondary N) is 1. The number of benzene rings is 2. The summed E-state index contributed by atoms with van der Waals surface area (Å²) >= 11 is 0. The molecule has 0 fully saturated rings. The zero-order chi connectivity index (χ0) is 16.1. The Balaban J connectivity index is 1.61. The molecule has 3 rings (SSSR count). The van der Waals surface area contributed by atoms with Gasteiger partial charge in [0.05, 0.1) is 0 Å². The number of aryl methyl sites for hydroxylation is 1. The topological polar surface area (TPSA) is 64.0 Å². The van der Waals surface area contributed by atoms with Crippen molar-refractivity contribution in [3.63, 3.8) is 0 Å². The molecule has 0 radical (unpaired) electrons. The van der Waals surface area contributed by atoms with Crippen molar-refractivity contribution in [1.82, 2.24) is 15.1 Å². The number of hydrogen-bond donors (Lipinski definition) is 1. The second kappa shape index (κ2) is 6.87. The Bertz CT molecular complexity index is 881. The van der Waals surface area contributed by atoms with E-state index in [0.717, 1.165) is 10.8 Å². The summed E-state index contributed by atoms with van der Waals surface area (Å²) in [5.41, 5.74) is 0.533. The van der Waals surface area contributed by atoms with E-state index in [2.05, 4.69) is 10.4 Å². The highest BCUT2D eigenvalue weighted by molar-refractivity contribution is 6.06. The van der Waals surface area contributed by atoms with E-state index in [-0.39, 0.29) is 11.5 Å². The van der Waals surface area contributed by atoms with Crippen LogP contribution in [0.4, 0.5) is 0 Å². The van der Waals surface area contributed by atoms with Crippen LogP contribution in [0, 0.1) is 0 Å². The number of nitrogens with zero attached hydrogens (tertiary/aromatic N) is 2. The van der Waals surface area contributed by atoms with Gasteiger partial charge in [-0.3, -0.25) is 9.59 Å². The maximum Gasteiger partial charge on any atom is 0.266 e. The Hall–Kier alpha value is -2.95. The van der Waals surface area contributed by atoms with Gasteiger partial charge < -0.3 is 5.32 Å². The molecule has 0 aliphatic rings. The van der Waals surface area contributed by atoms with Crippen molar-refractivity contribution < 1.29 is 4.79 Å². The Morgan fingerprint density at radius 3 is 2.74 bits per heavy atom. The first-order chi connectivity index (χ1) is 11.3. The number of hydrogen-bond acceptors (Lipinski definition) is 3. The largest absolute Gasteiger partial charge is 0.352 e. The van der Waals surface area contributed by atoms with Gasteiger partial charge in [-0.1, -0.05) is 36.4 Å². The van der Waals surface area contributed by atoms with E-state index in [1.165, 1.54) is 10.7 Å². The maximum atomic E-state index is 12.3. The van der Waals surface area contributed by atoms with Crippen molar-refractivity contribution in [3.05, 3.63) is 76.7 Å². The molecule has 1 N–H and O–H groups in total. The smallest absolute Gasteiger partial charge is 0.266 e. The predicted molar refractivity (Wildman–Crippen MR) is 89.4 cm³/mol. The lowest BCUT2D eigenvalue weighted by Gasteiger charge is -2.08. The molecule has 0 unspecified atom stereocenters. The van der Waals surface area contributed by atoms with Crippen LogP contribution in [0.15, 0.2) is 65.6 Å². The van der Waals surface area contributed by atoms with E-state index in [4.69, 9.17) is 0 Å². The van der Waals surface area contributed by atoms with Gasteiger partial charge in [0.25, 0.3) is 11.5 Å². The van der Waals surface area contributed by atoms with Crippen molar-refractivity contribution >= 4 is 16.7 Å². The van der Waals surface area contributed by atoms with E-state index >= 15 is 0 Å². The molecular weight excluding hydrogens is 290 g/mol. The molecule has 116 valence electrons. The van der Waals surface area contributed by atoms with Crippen molar-refractivity contribution in [2.75, 3.05) is 6.54 Å². The summed E-state index contributed by atoms with van der Waals surface area (Å²) in [6.07, 6.45) is 2.23. The lowest BCUT2D eigenvalue weighted by Crippen LogP contribution is -2.27. The van der Waals surface area contributed by atoms with Crippen molar-refractivity contribution in [3.8, 4) is 0 Å². The van der Waals surface area contributed by atoms with Gasteiger partial charge in [0.1, 0.15) is 0 Å². The summed E-state index contributed by atoms with van der Waals surface area (Å²) in [6.45, 7) is 0.973. The fraction of sp³-hybridized carbons (Fsp3) is 0.167. The Morgan fingerprint density at radius 1 is 1.04 bits per heavy atom. The van der Waals surface area contributed by atoms with Crippen LogP contribution in [-0.2, 0) is 6.54 Å². The molecule has 0 atom stereocenters. The Kier molecular flexibility index (Phi) is 4.47. The third kappa shape index (κ3) is 3.45. The van der Waals surface area contributed by atoms with E-state index < -0.39 is 0 Å². The van der Waals surface area contributed by atoms with Crippen LogP contribution in [0.25, 0.3) is 10.8 Å². The van der Waals surface area contributed by atoms with Crippen LogP contribution in [0.1, 0.15) is 16.8 Å². The van der Waals surface area contributed by atoms with Crippen molar-refractivity contribution in [2.45, 2.75) is 13.0 Å². The van der Waals surface area contributed by atoms with Gasteiger partial charge in [-0.15, -0.1) is 0 Å². The quantitative estimate of drug-likeness (QED) is 0.735. The highest BCUT2D eigenvalue weighted by Crippen LogP contribution is 2.18. The van der Waals surface area contributed by atoms with Gasteiger partial charge in [0.2, 0.25) is 0 Å². The second-order valence-corrected chi connectivity index (χ2v) is 5.22. The van der Waals surface area contributed by atoms with Crippen LogP contribution >= 0.6 is 0 Å². The third-order valence-electron chi connectivity index (χ3n) is 3.65. The number of rotatable bonds is 5. The highest BCUT2D eigenvalue weighted by atomic mass is 16.1. The molecule has 0 spiro atoms. The SMILES string of the molecule is O=C(NCCCn1ncccc1=O)c1cccc2ccccc12. The molecular formula is C18H17N3O2. The number of fused-ring (bicyclic) bond motifs is 1. The molecule has 0 saturated carbocycles. The number of carbonyl (C=O) groups excluding carboxylic acids is 1. The zero-order valence-corrected chi connectivity index (χ0v) is 12.6. The summed E-state index contributed by atoms with van der Waals surface area (Å²) in [7, 11) is 0. The molecule has 1 amide bonds. The first kappa shape index (κ1) is 15.0. The van der Waals surface area contributed by atoms with Gasteiger partial charge >= 0.3 is 0 Å². The van der Waals surface area contributed by atoms with Gasteiger partial charge in [0.15, 0.2) is 0 Å². The molecule has 0 aliphatic heterocycles. The van der Waals surface area contributed by atoms with E-state index in [1.807, 2.05) is 42.5 Å². The highest BCUT2D eigenvalue weighted by Gasteiger charge is 2.08. The second-order valence-electron chi connectivity index (χ2n) is 5.22. The predicted octanol–water partition coefficient (Wildman–Crippen LogP) is 2.22. The summed E-state index contributed by atoms with van der Waals surface area (Å²) in [5, 5.41) is 8.86. The Morgan fingerprint density at radius 2 is 1.87 bits per heavy atom. The molecule has 1 heterocycles. The zero-order valence-electron chi connectivity index (χ0n) is 12.6. The summed E-state index contributed by atoms with van der Waals surface area (Å²) in [4.78, 5) is 23.9. The normalized spacial score (nSPS) is 10.6. The molecule has 23 heavy (non-hydrogen) atoms. The molecule has 0 aliphatic carbocycles. The summed E-state index contributed by atoms with van der Waals surface area (Å²) < 4.78 is 1.39. The fourth-order valence-electron chi connectivity index (χ4n) is 2.50. The number of amides is 1. The van der Waals surface area contributed by atoms with Crippen LogP contribution in [0.5, 0.6) is 0 Å². The van der Waals surface area contributed by atoms with Crippen molar-refractivity contribution in [1.29, 1.82) is 0 Å². The third-order valence-corrected chi connectivity index (χ3v) is 3.65. The number of aromatic nitrogens is 2. The average molecular weight is 307 g/mol. The molecule has 2 aromatic carbocycles. The van der Waals surface area contributed by atoms with Crippen LogP contribution in [0.2, 0.25) is 0 Å².